The van der Waals surface area contributed by atoms with Gasteiger partial charge in [-0.15, -0.1) is 4.52 Å². The van der Waals surface area contributed by atoms with E-state index in [1.165, 1.54) is 16.9 Å². The van der Waals surface area contributed by atoms with Crippen molar-refractivity contribution in [3.63, 3.8) is 0 Å². The molecule has 0 bridgehead atoms. The molecular formula is C10H10O2PS3+. The van der Waals surface area contributed by atoms with Gasteiger partial charge in [-0.2, -0.15) is 0 Å². The Kier molecular flexibility index (Phi) is 3.01. The maximum absolute atomic E-state index is 11.5. The van der Waals surface area contributed by atoms with E-state index in [1.54, 1.807) is 10.8 Å². The van der Waals surface area contributed by atoms with E-state index >= 15 is 0 Å². The average Bonchev–Trinajstić information content (AvgIpc) is 2.71. The van der Waals surface area contributed by atoms with Gasteiger partial charge in [0, 0.05) is 0 Å². The molecule has 0 saturated carbocycles. The molecule has 2 saturated heterocycles. The van der Waals surface area contributed by atoms with E-state index in [2.05, 4.69) is 19.1 Å². The van der Waals surface area contributed by atoms with Crippen LogP contribution < -0.4 is 0 Å². The largest absolute Gasteiger partial charge is 0.587 e. The average molecular weight is 289 g/mol. The van der Waals surface area contributed by atoms with Gasteiger partial charge in [0.2, 0.25) is 0 Å². The van der Waals surface area contributed by atoms with Gasteiger partial charge in [-0.05, 0) is 17.1 Å². The summed E-state index contributed by atoms with van der Waals surface area (Å²) in [6.45, 7) is 2.13. The molecule has 0 aliphatic carbocycles. The minimum absolute atomic E-state index is 0.0542. The van der Waals surface area contributed by atoms with E-state index < -0.39 is 7.23 Å². The Morgan fingerprint density at radius 1 is 1.38 bits per heavy atom. The molecule has 2 heterocycles. The highest BCUT2D eigenvalue weighted by atomic mass is 33.1. The van der Waals surface area contributed by atoms with Crippen LogP contribution in [0.25, 0.3) is 0 Å². The van der Waals surface area contributed by atoms with Crippen molar-refractivity contribution in [2.75, 3.05) is 0 Å². The molecule has 0 aromatic heterocycles. The molecule has 4 atom stereocenters. The Balaban J connectivity index is 1.92. The molecule has 2 aliphatic rings. The zero-order valence-electron chi connectivity index (χ0n) is 8.53. The predicted octanol–water partition coefficient (Wildman–Crippen LogP) is 4.63. The summed E-state index contributed by atoms with van der Waals surface area (Å²) in [6.07, 6.45) is 0.0542. The quantitative estimate of drug-likeness (QED) is 0.555. The van der Waals surface area contributed by atoms with E-state index in [-0.39, 0.29) is 10.2 Å². The maximum atomic E-state index is 11.5. The summed E-state index contributed by atoms with van der Waals surface area (Å²) in [4.78, 5) is 0. The summed E-state index contributed by atoms with van der Waals surface area (Å²) < 4.78 is 17.0. The lowest BCUT2D eigenvalue weighted by Gasteiger charge is -2.15. The molecule has 2 aliphatic heterocycles. The van der Waals surface area contributed by atoms with Crippen molar-refractivity contribution in [2.24, 2.45) is 0 Å². The first kappa shape index (κ1) is 11.4. The highest BCUT2D eigenvalue weighted by molar-refractivity contribution is 8.81. The number of fused-ring (bicyclic) bond motifs is 1. The van der Waals surface area contributed by atoms with E-state index in [0.717, 1.165) is 0 Å². The molecular weight excluding hydrogens is 279 g/mol. The third kappa shape index (κ3) is 1.83. The third-order valence-electron chi connectivity index (χ3n) is 2.69. The van der Waals surface area contributed by atoms with Gasteiger partial charge in [0.1, 0.15) is 0 Å². The van der Waals surface area contributed by atoms with Crippen LogP contribution in [-0.2, 0) is 9.09 Å². The van der Waals surface area contributed by atoms with Crippen LogP contribution in [0, 0.1) is 0 Å². The summed E-state index contributed by atoms with van der Waals surface area (Å²) in [7, 11) is 2.09. The molecule has 2 fully saturated rings. The monoisotopic (exact) mass is 289 g/mol. The predicted molar refractivity (Wildman–Crippen MR) is 72.8 cm³/mol. The van der Waals surface area contributed by atoms with E-state index in [1.807, 2.05) is 29.0 Å². The smallest absolute Gasteiger partial charge is 0.129 e. The molecule has 2 nitrogen and oxygen atoms in total. The van der Waals surface area contributed by atoms with Crippen molar-refractivity contribution in [1.82, 2.24) is 0 Å². The lowest BCUT2D eigenvalue weighted by atomic mass is 10.1. The van der Waals surface area contributed by atoms with Crippen molar-refractivity contribution < 1.29 is 9.09 Å². The second kappa shape index (κ2) is 4.21. The normalized spacial score (nSPS) is 39.9. The van der Waals surface area contributed by atoms with E-state index in [0.29, 0.717) is 5.25 Å². The van der Waals surface area contributed by atoms with Crippen LogP contribution in [0.2, 0.25) is 0 Å². The van der Waals surface area contributed by atoms with Gasteiger partial charge in [-0.3, -0.25) is 0 Å². The van der Waals surface area contributed by atoms with Gasteiger partial charge >= 0.3 is 7.23 Å². The molecule has 84 valence electrons. The second-order valence-electron chi connectivity index (χ2n) is 3.87. The molecule has 3 rings (SSSR count). The van der Waals surface area contributed by atoms with Crippen LogP contribution in [0.3, 0.4) is 0 Å². The SMILES string of the molecule is CC12SS[C@@H](c3ccccc3)[C@@H]1O[P+](=O)S2. The highest BCUT2D eigenvalue weighted by Crippen LogP contribution is 2.74. The molecule has 1 aromatic carbocycles. The molecule has 0 spiro atoms. The van der Waals surface area contributed by atoms with Crippen LogP contribution in [0.4, 0.5) is 0 Å². The third-order valence-corrected chi connectivity index (χ3v) is 10.2. The highest BCUT2D eigenvalue weighted by Gasteiger charge is 2.64. The number of hydrogen-bond donors (Lipinski definition) is 0. The van der Waals surface area contributed by atoms with Crippen LogP contribution in [0.15, 0.2) is 30.3 Å². The lowest BCUT2D eigenvalue weighted by molar-refractivity contribution is 0.222. The second-order valence-corrected chi connectivity index (χ2v) is 10.0. The van der Waals surface area contributed by atoms with Crippen molar-refractivity contribution in [3.05, 3.63) is 35.9 Å². The van der Waals surface area contributed by atoms with Crippen molar-refractivity contribution in [3.8, 4) is 0 Å². The number of hydrogen-bond acceptors (Lipinski definition) is 5. The molecule has 1 aromatic rings. The van der Waals surface area contributed by atoms with Gasteiger partial charge in [-0.1, -0.05) is 51.9 Å². The Labute approximate surface area is 107 Å². The fourth-order valence-electron chi connectivity index (χ4n) is 1.87. The summed E-state index contributed by atoms with van der Waals surface area (Å²) >= 11 is 1.47. The fourth-order valence-corrected chi connectivity index (χ4v) is 10.2. The zero-order chi connectivity index (χ0) is 11.2. The molecule has 6 heteroatoms. The zero-order valence-corrected chi connectivity index (χ0v) is 11.9. The molecule has 2 unspecified atom stereocenters. The molecule has 0 N–H and O–H groups in total. The minimum Gasteiger partial charge on any atom is -0.129 e. The van der Waals surface area contributed by atoms with Gasteiger partial charge in [0.05, 0.1) is 5.25 Å². The van der Waals surface area contributed by atoms with Gasteiger partial charge in [0.15, 0.2) is 21.6 Å². The number of rotatable bonds is 1. The first-order chi connectivity index (χ1) is 7.69. The first-order valence-electron chi connectivity index (χ1n) is 4.92. The first-order valence-corrected chi connectivity index (χ1v) is 9.73. The molecule has 16 heavy (non-hydrogen) atoms. The van der Waals surface area contributed by atoms with Gasteiger partial charge in [-0.25, -0.2) is 0 Å². The van der Waals surface area contributed by atoms with Crippen LogP contribution >= 0.6 is 40.2 Å². The van der Waals surface area contributed by atoms with E-state index in [9.17, 15) is 4.57 Å². The van der Waals surface area contributed by atoms with Crippen molar-refractivity contribution in [1.29, 1.82) is 0 Å². The Morgan fingerprint density at radius 3 is 2.88 bits per heavy atom. The van der Waals surface area contributed by atoms with Gasteiger partial charge < -0.3 is 0 Å². The van der Waals surface area contributed by atoms with E-state index in [4.69, 9.17) is 4.52 Å². The van der Waals surface area contributed by atoms with Crippen LogP contribution in [-0.4, -0.2) is 10.2 Å². The summed E-state index contributed by atoms with van der Waals surface area (Å²) in [6, 6.07) is 10.3. The standard InChI is InChI=1S/C10H10O2PS3/c1-10-9(12-13(11)15-10)8(14-16-10)7-5-3-2-4-6-7/h2-6,8-9H,1H3/q+1/t8-,9-,10?/m0/s1. The van der Waals surface area contributed by atoms with Crippen molar-refractivity contribution in [2.45, 2.75) is 22.4 Å². The lowest BCUT2D eigenvalue weighted by Crippen LogP contribution is -2.27. The Morgan fingerprint density at radius 2 is 2.12 bits per heavy atom. The Hall–Kier alpha value is 0.330. The summed E-state index contributed by atoms with van der Waals surface area (Å²) in [5.74, 6) is 0. The molecule has 0 radical (unpaired) electrons. The summed E-state index contributed by atoms with van der Waals surface area (Å²) in [5, 5.41) is 0.296. The summed E-state index contributed by atoms with van der Waals surface area (Å²) in [5.41, 5.74) is 1.26. The Bertz CT molecular complexity index is 427. The number of benzene rings is 1. The van der Waals surface area contributed by atoms with Crippen LogP contribution in [0.5, 0.6) is 0 Å². The minimum atomic E-state index is -1.53. The maximum Gasteiger partial charge on any atom is 0.587 e. The van der Waals surface area contributed by atoms with Crippen LogP contribution in [0.1, 0.15) is 17.7 Å². The molecule has 0 amide bonds. The fraction of sp³-hybridized carbons (Fsp3) is 0.400. The van der Waals surface area contributed by atoms with Crippen molar-refractivity contribution >= 4 is 40.2 Å². The topological polar surface area (TPSA) is 26.3 Å². The van der Waals surface area contributed by atoms with Gasteiger partial charge in [0.25, 0.3) is 0 Å².